The summed E-state index contributed by atoms with van der Waals surface area (Å²) in [7, 11) is 0. The quantitative estimate of drug-likeness (QED) is 0.366. The van der Waals surface area contributed by atoms with Gasteiger partial charge in [0.2, 0.25) is 5.78 Å². The largest absolute Gasteiger partial charge is 0.379 e. The Hall–Kier alpha value is -3.63. The molecule has 1 saturated heterocycles. The van der Waals surface area contributed by atoms with Crippen molar-refractivity contribution >= 4 is 28.6 Å². The van der Waals surface area contributed by atoms with E-state index in [2.05, 4.69) is 15.3 Å². The van der Waals surface area contributed by atoms with Crippen LogP contribution in [0.1, 0.15) is 36.2 Å². The van der Waals surface area contributed by atoms with E-state index >= 15 is 0 Å². The van der Waals surface area contributed by atoms with Crippen molar-refractivity contribution in [2.75, 3.05) is 19.0 Å². The smallest absolute Gasteiger partial charge is 0.257 e. The summed E-state index contributed by atoms with van der Waals surface area (Å²) in [5.74, 6) is -0.0749. The number of rotatable bonds is 2. The van der Waals surface area contributed by atoms with Crippen LogP contribution in [-0.2, 0) is 10.3 Å². The third kappa shape index (κ3) is 6.08. The number of thioether (sulfide) groups is 1. The molecule has 1 N–H and O–H groups in total. The number of aromatic nitrogens is 3. The van der Waals surface area contributed by atoms with Gasteiger partial charge in [-0.25, -0.2) is 23.7 Å². The number of imidazole rings is 1. The third-order valence-corrected chi connectivity index (χ3v) is 7.19. The van der Waals surface area contributed by atoms with Gasteiger partial charge in [-0.3, -0.25) is 9.20 Å². The summed E-state index contributed by atoms with van der Waals surface area (Å²) in [6.07, 6.45) is 7.95. The number of halogens is 2. The average Bonchev–Trinajstić information content (AvgIpc) is 3.44. The van der Waals surface area contributed by atoms with E-state index in [0.29, 0.717) is 28.7 Å². The number of benzene rings is 2. The van der Waals surface area contributed by atoms with Crippen molar-refractivity contribution in [3.8, 4) is 0 Å². The van der Waals surface area contributed by atoms with Gasteiger partial charge in [-0.1, -0.05) is 49.9 Å². The van der Waals surface area contributed by atoms with Gasteiger partial charge >= 0.3 is 0 Å². The highest BCUT2D eigenvalue weighted by Gasteiger charge is 2.47. The van der Waals surface area contributed by atoms with Crippen molar-refractivity contribution in [2.45, 2.75) is 25.8 Å². The zero-order valence-corrected chi connectivity index (χ0v) is 22.0. The van der Waals surface area contributed by atoms with Gasteiger partial charge in [0.1, 0.15) is 17.2 Å². The summed E-state index contributed by atoms with van der Waals surface area (Å²) in [5, 5.41) is 3.24. The van der Waals surface area contributed by atoms with Crippen molar-refractivity contribution in [3.63, 3.8) is 0 Å². The van der Waals surface area contributed by atoms with E-state index in [1.54, 1.807) is 36.7 Å². The van der Waals surface area contributed by atoms with Crippen LogP contribution in [0, 0.1) is 17.6 Å². The lowest BCUT2D eigenvalue weighted by molar-refractivity contribution is 0.00285. The number of fused-ring (bicyclic) bond motifs is 2. The fourth-order valence-corrected chi connectivity index (χ4v) is 5.53. The molecule has 1 fully saturated rings. The van der Waals surface area contributed by atoms with Crippen molar-refractivity contribution < 1.29 is 18.3 Å². The summed E-state index contributed by atoms with van der Waals surface area (Å²) in [6, 6.07) is 14.2. The average molecular weight is 538 g/mol. The van der Waals surface area contributed by atoms with Crippen LogP contribution in [0.25, 0.3) is 5.78 Å². The fourth-order valence-electron chi connectivity index (χ4n) is 4.33. The van der Waals surface area contributed by atoms with E-state index < -0.39 is 17.2 Å². The van der Waals surface area contributed by atoms with Crippen LogP contribution in [-0.4, -0.2) is 44.4 Å². The number of aliphatic imine (C=N–C) groups is 1. The summed E-state index contributed by atoms with van der Waals surface area (Å²) in [6.45, 7) is 4.78. The first kappa shape index (κ1) is 27.4. The maximum Gasteiger partial charge on any atom is 0.257 e. The van der Waals surface area contributed by atoms with Crippen LogP contribution >= 0.6 is 11.8 Å². The first-order valence-electron chi connectivity index (χ1n) is 12.4. The minimum absolute atomic E-state index is 0.0496. The molecule has 2 unspecified atom stereocenters. The number of nitrogens with one attached hydrogen (secondary N) is 1. The lowest BCUT2D eigenvalue weighted by Gasteiger charge is -2.44. The van der Waals surface area contributed by atoms with E-state index in [9.17, 15) is 13.6 Å². The molecule has 4 heterocycles. The second kappa shape index (κ2) is 12.7. The molecular formula is C28H29F2N5O2S. The molecule has 2 aliphatic heterocycles. The van der Waals surface area contributed by atoms with Crippen LogP contribution in [0.5, 0.6) is 0 Å². The first-order valence-corrected chi connectivity index (χ1v) is 13.4. The monoisotopic (exact) mass is 537 g/mol. The molecule has 10 heteroatoms. The molecule has 0 saturated carbocycles. The maximum atomic E-state index is 14.6. The van der Waals surface area contributed by atoms with Crippen LogP contribution in [0.3, 0.4) is 0 Å². The SMILES string of the molecule is CC.O=C(NC1=NC2(c3ccc(F)cc3F)COCCC2CS1)c1ccccc1.c1cnc2nccn2c1. The molecule has 6 rings (SSSR count). The highest BCUT2D eigenvalue weighted by molar-refractivity contribution is 8.13. The molecule has 2 atom stereocenters. The summed E-state index contributed by atoms with van der Waals surface area (Å²) >= 11 is 1.44. The van der Waals surface area contributed by atoms with Gasteiger partial charge in [-0.15, -0.1) is 0 Å². The Kier molecular flexibility index (Phi) is 9.19. The summed E-state index contributed by atoms with van der Waals surface area (Å²) in [4.78, 5) is 25.2. The number of carbonyl (C=O) groups is 1. The molecule has 7 nitrogen and oxygen atoms in total. The Labute approximate surface area is 224 Å². The Balaban J connectivity index is 0.000000254. The van der Waals surface area contributed by atoms with Crippen molar-refractivity contribution in [3.05, 3.63) is 102 Å². The topological polar surface area (TPSA) is 80.9 Å². The molecule has 2 aromatic heterocycles. The number of hydrogen-bond donors (Lipinski definition) is 1. The molecule has 2 aliphatic rings. The van der Waals surface area contributed by atoms with E-state index in [-0.39, 0.29) is 18.4 Å². The highest BCUT2D eigenvalue weighted by Crippen LogP contribution is 2.45. The van der Waals surface area contributed by atoms with E-state index in [0.717, 1.165) is 18.3 Å². The number of carbonyl (C=O) groups excluding carboxylic acids is 1. The highest BCUT2D eigenvalue weighted by atomic mass is 32.2. The predicted molar refractivity (Wildman–Crippen MR) is 145 cm³/mol. The minimum Gasteiger partial charge on any atom is -0.379 e. The first-order chi connectivity index (χ1) is 18.5. The van der Waals surface area contributed by atoms with E-state index in [4.69, 9.17) is 9.73 Å². The fraction of sp³-hybridized carbons (Fsp3) is 0.286. The second-order valence-corrected chi connectivity index (χ2v) is 9.40. The summed E-state index contributed by atoms with van der Waals surface area (Å²) < 4.78 is 35.5. The van der Waals surface area contributed by atoms with Gasteiger partial charge in [0.25, 0.3) is 5.91 Å². The third-order valence-electron chi connectivity index (χ3n) is 6.16. The van der Waals surface area contributed by atoms with Gasteiger partial charge in [-0.05, 0) is 30.7 Å². The molecule has 0 aliphatic carbocycles. The van der Waals surface area contributed by atoms with Gasteiger partial charge in [0.15, 0.2) is 5.17 Å². The normalized spacial score (nSPS) is 20.1. The minimum atomic E-state index is -0.958. The van der Waals surface area contributed by atoms with Crippen molar-refractivity contribution in [1.29, 1.82) is 0 Å². The van der Waals surface area contributed by atoms with Gasteiger partial charge in [0, 0.05) is 60.3 Å². The molecule has 0 radical (unpaired) electrons. The molecule has 0 spiro atoms. The lowest BCUT2D eigenvalue weighted by Crippen LogP contribution is -2.49. The predicted octanol–water partition coefficient (Wildman–Crippen LogP) is 5.48. The van der Waals surface area contributed by atoms with Crippen LogP contribution in [0.15, 0.2) is 84.4 Å². The van der Waals surface area contributed by atoms with Crippen molar-refractivity contribution in [2.24, 2.45) is 10.9 Å². The van der Waals surface area contributed by atoms with E-state index in [1.165, 1.54) is 23.9 Å². The van der Waals surface area contributed by atoms with Crippen LogP contribution < -0.4 is 5.32 Å². The number of amidine groups is 1. The van der Waals surface area contributed by atoms with Gasteiger partial charge in [-0.2, -0.15) is 0 Å². The Morgan fingerprint density at radius 1 is 1.08 bits per heavy atom. The number of hydrogen-bond acceptors (Lipinski definition) is 6. The number of nitrogens with zero attached hydrogens (tertiary/aromatic N) is 4. The maximum absolute atomic E-state index is 14.6. The summed E-state index contributed by atoms with van der Waals surface area (Å²) in [5.41, 5.74) is -0.134. The number of ether oxygens (including phenoxy) is 1. The number of amides is 1. The second-order valence-electron chi connectivity index (χ2n) is 8.39. The van der Waals surface area contributed by atoms with Gasteiger partial charge < -0.3 is 10.1 Å². The zero-order chi connectivity index (χ0) is 27.0. The molecule has 0 bridgehead atoms. The van der Waals surface area contributed by atoms with E-state index in [1.807, 2.05) is 42.8 Å². The molecule has 1 amide bonds. The Morgan fingerprint density at radius 2 is 1.87 bits per heavy atom. The van der Waals surface area contributed by atoms with Crippen LogP contribution in [0.2, 0.25) is 0 Å². The molecule has 198 valence electrons. The molecule has 4 aromatic rings. The standard InChI is InChI=1S/C20H18F2N2O2S.C6H5N3.C2H6/c21-15-6-7-16(17(22)10-15)20-12-26-9-8-14(20)11-27-19(24-20)23-18(25)13-4-2-1-3-5-13;1-2-7-6-8-3-5-9(6)4-1;1-2/h1-7,10,14H,8-9,11-12H2,(H,23,24,25);1-5H;1-2H3. The Bertz CT molecular complexity index is 1370. The molecular weight excluding hydrogens is 508 g/mol. The lowest BCUT2D eigenvalue weighted by atomic mass is 9.76. The Morgan fingerprint density at radius 3 is 2.63 bits per heavy atom. The molecule has 2 aromatic carbocycles. The van der Waals surface area contributed by atoms with Gasteiger partial charge in [0.05, 0.1) is 6.61 Å². The van der Waals surface area contributed by atoms with Crippen molar-refractivity contribution in [1.82, 2.24) is 19.7 Å². The van der Waals surface area contributed by atoms with Crippen LogP contribution in [0.4, 0.5) is 8.78 Å². The zero-order valence-electron chi connectivity index (χ0n) is 21.2. The molecule has 38 heavy (non-hydrogen) atoms.